The van der Waals surface area contributed by atoms with Gasteiger partial charge in [0.2, 0.25) is 11.8 Å². The summed E-state index contributed by atoms with van der Waals surface area (Å²) in [7, 11) is 0. The Kier molecular flexibility index (Phi) is 5.71. The normalized spacial score (nSPS) is 13.1. The van der Waals surface area contributed by atoms with E-state index in [9.17, 15) is 14.4 Å². The summed E-state index contributed by atoms with van der Waals surface area (Å²) in [4.78, 5) is 33.9. The number of carboxylic acids is 1. The van der Waals surface area contributed by atoms with Gasteiger partial charge in [-0.25, -0.2) is 0 Å². The van der Waals surface area contributed by atoms with Gasteiger partial charge in [-0.15, -0.1) is 0 Å². The van der Waals surface area contributed by atoms with Gasteiger partial charge in [0.1, 0.15) is 12.1 Å². The molecule has 0 fully saturated rings. The van der Waals surface area contributed by atoms with Crippen LogP contribution in [-0.2, 0) is 20.8 Å². The number of hydrogen-bond donors (Lipinski definition) is 3. The highest BCUT2D eigenvalue weighted by atomic mass is 16.4. The molecule has 2 atom stereocenters. The van der Waals surface area contributed by atoms with E-state index in [1.807, 2.05) is 30.3 Å². The van der Waals surface area contributed by atoms with Gasteiger partial charge in [0.15, 0.2) is 0 Å². The number of rotatable bonds is 6. The van der Waals surface area contributed by atoms with Gasteiger partial charge in [-0.1, -0.05) is 30.3 Å². The van der Waals surface area contributed by atoms with Crippen LogP contribution in [0.3, 0.4) is 0 Å². The molecule has 0 spiro atoms. The highest BCUT2D eigenvalue weighted by Gasteiger charge is 2.23. The van der Waals surface area contributed by atoms with Crippen molar-refractivity contribution in [1.29, 1.82) is 0 Å². The molecule has 6 nitrogen and oxygen atoms in total. The van der Waals surface area contributed by atoms with Crippen molar-refractivity contribution in [2.75, 3.05) is 0 Å². The quantitative estimate of drug-likeness (QED) is 0.698. The van der Waals surface area contributed by atoms with Crippen LogP contribution < -0.4 is 10.6 Å². The van der Waals surface area contributed by atoms with Gasteiger partial charge in [0.05, 0.1) is 0 Å². The first-order valence-electron chi connectivity index (χ1n) is 6.24. The van der Waals surface area contributed by atoms with Gasteiger partial charge in [0.25, 0.3) is 0 Å². The van der Waals surface area contributed by atoms with Gasteiger partial charge >= 0.3 is 5.97 Å². The molecule has 0 saturated carbocycles. The summed E-state index contributed by atoms with van der Waals surface area (Å²) < 4.78 is 0. The Morgan fingerprint density at radius 2 is 1.75 bits per heavy atom. The fraction of sp³-hybridized carbons (Fsp3) is 0.357. The van der Waals surface area contributed by atoms with Gasteiger partial charge in [-0.2, -0.15) is 0 Å². The smallest absolute Gasteiger partial charge is 0.325 e. The molecule has 20 heavy (non-hydrogen) atoms. The summed E-state index contributed by atoms with van der Waals surface area (Å²) >= 11 is 0. The minimum Gasteiger partial charge on any atom is -0.480 e. The Bertz CT molecular complexity index is 487. The van der Waals surface area contributed by atoms with E-state index in [0.29, 0.717) is 6.42 Å². The van der Waals surface area contributed by atoms with Gasteiger partial charge in [-0.05, 0) is 12.5 Å². The van der Waals surface area contributed by atoms with Crippen molar-refractivity contribution in [3.8, 4) is 0 Å². The molecule has 0 unspecified atom stereocenters. The third kappa shape index (κ3) is 5.09. The molecule has 0 aliphatic carbocycles. The minimum atomic E-state index is -1.13. The third-order valence-electron chi connectivity index (χ3n) is 2.71. The zero-order valence-electron chi connectivity index (χ0n) is 11.4. The Morgan fingerprint density at radius 3 is 2.25 bits per heavy atom. The van der Waals surface area contributed by atoms with E-state index >= 15 is 0 Å². The highest BCUT2D eigenvalue weighted by Crippen LogP contribution is 2.04. The Morgan fingerprint density at radius 1 is 1.15 bits per heavy atom. The largest absolute Gasteiger partial charge is 0.480 e. The number of carbonyl (C=O) groups excluding carboxylic acids is 2. The van der Waals surface area contributed by atoms with Crippen LogP contribution in [0, 0.1) is 0 Å². The lowest BCUT2D eigenvalue weighted by Gasteiger charge is -2.19. The summed E-state index contributed by atoms with van der Waals surface area (Å²) in [5.74, 6) is -1.98. The van der Waals surface area contributed by atoms with Crippen molar-refractivity contribution in [2.45, 2.75) is 32.4 Å². The van der Waals surface area contributed by atoms with Crippen molar-refractivity contribution in [1.82, 2.24) is 10.6 Å². The zero-order chi connectivity index (χ0) is 15.1. The van der Waals surface area contributed by atoms with Crippen LogP contribution in [0.15, 0.2) is 30.3 Å². The van der Waals surface area contributed by atoms with Crippen LogP contribution in [0.4, 0.5) is 0 Å². The molecule has 108 valence electrons. The van der Waals surface area contributed by atoms with Gasteiger partial charge < -0.3 is 15.7 Å². The first-order chi connectivity index (χ1) is 9.40. The summed E-state index contributed by atoms with van der Waals surface area (Å²) in [6.45, 7) is 2.68. The van der Waals surface area contributed by atoms with E-state index in [2.05, 4.69) is 10.6 Å². The Balaban J connectivity index is 2.75. The maximum Gasteiger partial charge on any atom is 0.325 e. The minimum absolute atomic E-state index is 0.304. The molecule has 0 aliphatic heterocycles. The van der Waals surface area contributed by atoms with E-state index < -0.39 is 24.0 Å². The predicted molar refractivity (Wildman–Crippen MR) is 73.0 cm³/mol. The van der Waals surface area contributed by atoms with E-state index in [0.717, 1.165) is 5.56 Å². The molecular weight excluding hydrogens is 260 g/mol. The SMILES string of the molecule is CC(=O)N[C@@H](Cc1ccccc1)C(=O)N[C@H](C)C(=O)O. The lowest BCUT2D eigenvalue weighted by Crippen LogP contribution is -2.51. The number of carboxylic acid groups (broad SMARTS) is 1. The van der Waals surface area contributed by atoms with E-state index in [4.69, 9.17) is 5.11 Å². The molecular formula is C14H18N2O4. The lowest BCUT2D eigenvalue weighted by molar-refractivity contribution is -0.141. The fourth-order valence-corrected chi connectivity index (χ4v) is 1.68. The second-order valence-electron chi connectivity index (χ2n) is 4.51. The molecule has 0 saturated heterocycles. The second-order valence-corrected chi connectivity index (χ2v) is 4.51. The topological polar surface area (TPSA) is 95.5 Å². The maximum absolute atomic E-state index is 12.0. The number of benzene rings is 1. The van der Waals surface area contributed by atoms with Crippen molar-refractivity contribution in [3.63, 3.8) is 0 Å². The lowest BCUT2D eigenvalue weighted by atomic mass is 10.0. The van der Waals surface area contributed by atoms with Crippen LogP contribution in [0.25, 0.3) is 0 Å². The molecule has 0 heterocycles. The van der Waals surface area contributed by atoms with E-state index in [1.54, 1.807) is 0 Å². The van der Waals surface area contributed by atoms with Crippen molar-refractivity contribution in [2.24, 2.45) is 0 Å². The summed E-state index contributed by atoms with van der Waals surface area (Å²) in [6, 6.07) is 7.39. The maximum atomic E-state index is 12.0. The standard InChI is InChI=1S/C14H18N2O4/c1-9(14(19)20)15-13(18)12(16-10(2)17)8-11-6-4-3-5-7-11/h3-7,9,12H,8H2,1-2H3,(H,15,18)(H,16,17)(H,19,20)/t9-,12+/m1/s1. The molecule has 2 amide bonds. The van der Waals surface area contributed by atoms with Crippen LogP contribution in [0.1, 0.15) is 19.4 Å². The molecule has 3 N–H and O–H groups in total. The zero-order valence-corrected chi connectivity index (χ0v) is 11.4. The highest BCUT2D eigenvalue weighted by molar-refractivity contribution is 5.90. The summed E-state index contributed by atoms with van der Waals surface area (Å²) in [5, 5.41) is 13.7. The van der Waals surface area contributed by atoms with E-state index in [-0.39, 0.29) is 5.91 Å². The molecule has 0 aromatic heterocycles. The molecule has 1 aromatic carbocycles. The average Bonchev–Trinajstić information content (AvgIpc) is 2.38. The number of nitrogens with one attached hydrogen (secondary N) is 2. The van der Waals surface area contributed by atoms with Gasteiger partial charge in [0, 0.05) is 13.3 Å². The van der Waals surface area contributed by atoms with Crippen LogP contribution in [0.5, 0.6) is 0 Å². The van der Waals surface area contributed by atoms with Crippen LogP contribution in [-0.4, -0.2) is 35.0 Å². The monoisotopic (exact) mass is 278 g/mol. The summed E-state index contributed by atoms with van der Waals surface area (Å²) in [6.07, 6.45) is 0.304. The molecule has 0 radical (unpaired) electrons. The van der Waals surface area contributed by atoms with Crippen LogP contribution in [0.2, 0.25) is 0 Å². The number of aliphatic carboxylic acids is 1. The van der Waals surface area contributed by atoms with Crippen molar-refractivity contribution >= 4 is 17.8 Å². The average molecular weight is 278 g/mol. The number of carbonyl (C=O) groups is 3. The molecule has 0 bridgehead atoms. The first-order valence-corrected chi connectivity index (χ1v) is 6.24. The third-order valence-corrected chi connectivity index (χ3v) is 2.71. The molecule has 6 heteroatoms. The summed E-state index contributed by atoms with van der Waals surface area (Å²) in [5.41, 5.74) is 0.879. The van der Waals surface area contributed by atoms with Gasteiger partial charge in [-0.3, -0.25) is 14.4 Å². The molecule has 0 aliphatic rings. The van der Waals surface area contributed by atoms with Crippen molar-refractivity contribution in [3.05, 3.63) is 35.9 Å². The van der Waals surface area contributed by atoms with Crippen molar-refractivity contribution < 1.29 is 19.5 Å². The van der Waals surface area contributed by atoms with Crippen LogP contribution >= 0.6 is 0 Å². The molecule has 1 aromatic rings. The predicted octanol–water partition coefficient (Wildman–Crippen LogP) is 0.323. The Labute approximate surface area is 117 Å². The fourth-order valence-electron chi connectivity index (χ4n) is 1.68. The molecule has 1 rings (SSSR count). The number of hydrogen-bond acceptors (Lipinski definition) is 3. The number of amides is 2. The van der Waals surface area contributed by atoms with E-state index in [1.165, 1.54) is 13.8 Å². The first kappa shape index (κ1) is 15.7. The Hall–Kier alpha value is -2.37. The second kappa shape index (κ2) is 7.28.